The SMILES string of the molecule is C/C=C\C(=C/C)N(C(/C=C\C)=C/C)c1cccc(-n2c3ccc(-c4c5ccccc5c(-c5ccccc5)c5ccccc45)cc3c3cccnc32)c1. The average molecular weight is 672 g/mol. The molecule has 0 aliphatic rings. The van der Waals surface area contributed by atoms with Crippen molar-refractivity contribution < 1.29 is 0 Å². The Labute approximate surface area is 305 Å². The van der Waals surface area contributed by atoms with Gasteiger partial charge in [-0.05, 0) is 126 Å². The van der Waals surface area contributed by atoms with Crippen LogP contribution in [0.25, 0.3) is 71.4 Å². The summed E-state index contributed by atoms with van der Waals surface area (Å²) < 4.78 is 2.31. The molecule has 2 heterocycles. The average Bonchev–Trinajstić information content (AvgIpc) is 3.53. The molecule has 0 bridgehead atoms. The second kappa shape index (κ2) is 14.0. The molecule has 3 nitrogen and oxygen atoms in total. The maximum atomic E-state index is 4.98. The van der Waals surface area contributed by atoms with Crippen molar-refractivity contribution in [3.8, 4) is 27.9 Å². The van der Waals surface area contributed by atoms with Gasteiger partial charge in [0.25, 0.3) is 0 Å². The minimum absolute atomic E-state index is 0.937. The zero-order valence-electron chi connectivity index (χ0n) is 30.1. The topological polar surface area (TPSA) is 21.1 Å². The van der Waals surface area contributed by atoms with E-state index in [1.807, 2.05) is 12.3 Å². The molecule has 0 saturated heterocycles. The molecule has 0 saturated carbocycles. The van der Waals surface area contributed by atoms with E-state index in [4.69, 9.17) is 4.98 Å². The van der Waals surface area contributed by atoms with Crippen molar-refractivity contribution in [3.05, 3.63) is 188 Å². The molecule has 0 N–H and O–H groups in total. The zero-order valence-corrected chi connectivity index (χ0v) is 30.1. The number of hydrogen-bond acceptors (Lipinski definition) is 2. The minimum Gasteiger partial charge on any atom is -0.311 e. The Balaban J connectivity index is 1.36. The molecule has 0 atom stereocenters. The van der Waals surface area contributed by atoms with E-state index in [0.29, 0.717) is 0 Å². The quantitative estimate of drug-likeness (QED) is 0.118. The predicted molar refractivity (Wildman–Crippen MR) is 224 cm³/mol. The van der Waals surface area contributed by atoms with Crippen molar-refractivity contribution in [3.63, 3.8) is 0 Å². The first-order valence-electron chi connectivity index (χ1n) is 18.0. The van der Waals surface area contributed by atoms with Crippen molar-refractivity contribution >= 4 is 49.2 Å². The lowest BCUT2D eigenvalue weighted by atomic mass is 9.86. The van der Waals surface area contributed by atoms with Gasteiger partial charge in [0, 0.05) is 39.7 Å². The fraction of sp³-hybridized carbons (Fsp3) is 0.0816. The summed E-state index contributed by atoms with van der Waals surface area (Å²) in [6.45, 7) is 8.30. The van der Waals surface area contributed by atoms with E-state index in [9.17, 15) is 0 Å². The van der Waals surface area contributed by atoms with Gasteiger partial charge in [-0.25, -0.2) is 4.98 Å². The van der Waals surface area contributed by atoms with E-state index < -0.39 is 0 Å². The number of anilines is 1. The van der Waals surface area contributed by atoms with Crippen LogP contribution in [-0.4, -0.2) is 9.55 Å². The molecule has 0 fully saturated rings. The van der Waals surface area contributed by atoms with Gasteiger partial charge >= 0.3 is 0 Å². The zero-order chi connectivity index (χ0) is 35.6. The van der Waals surface area contributed by atoms with Crippen LogP contribution in [0.15, 0.2) is 188 Å². The fourth-order valence-electron chi connectivity index (χ4n) is 7.78. The van der Waals surface area contributed by atoms with Crippen LogP contribution < -0.4 is 4.90 Å². The lowest BCUT2D eigenvalue weighted by molar-refractivity contribution is 1.10. The Morgan fingerprint density at radius 3 is 1.69 bits per heavy atom. The van der Waals surface area contributed by atoms with E-state index in [-0.39, 0.29) is 0 Å². The van der Waals surface area contributed by atoms with E-state index >= 15 is 0 Å². The van der Waals surface area contributed by atoms with E-state index in [1.54, 1.807) is 0 Å². The maximum absolute atomic E-state index is 4.98. The summed E-state index contributed by atoms with van der Waals surface area (Å²) in [7, 11) is 0. The smallest absolute Gasteiger partial charge is 0.145 e. The van der Waals surface area contributed by atoms with E-state index in [1.165, 1.54) is 49.2 Å². The highest BCUT2D eigenvalue weighted by Gasteiger charge is 2.20. The monoisotopic (exact) mass is 671 g/mol. The molecule has 2 aromatic heterocycles. The fourth-order valence-corrected chi connectivity index (χ4v) is 7.78. The molecule has 0 aliphatic heterocycles. The minimum atomic E-state index is 0.937. The van der Waals surface area contributed by atoms with Crippen LogP contribution in [0.3, 0.4) is 0 Å². The summed E-state index contributed by atoms with van der Waals surface area (Å²) in [6.07, 6.45) is 14.7. The molecule has 0 unspecified atom stereocenters. The third-order valence-electron chi connectivity index (χ3n) is 9.94. The number of pyridine rings is 1. The summed E-state index contributed by atoms with van der Waals surface area (Å²) in [5.74, 6) is 0. The van der Waals surface area contributed by atoms with E-state index in [2.05, 4.69) is 201 Å². The van der Waals surface area contributed by atoms with Gasteiger partial charge < -0.3 is 4.90 Å². The first-order valence-corrected chi connectivity index (χ1v) is 18.0. The van der Waals surface area contributed by atoms with Gasteiger partial charge in [0.15, 0.2) is 0 Å². The Morgan fingerprint density at radius 2 is 1.10 bits per heavy atom. The third kappa shape index (κ3) is 5.52. The first-order chi connectivity index (χ1) is 25.7. The second-order valence-electron chi connectivity index (χ2n) is 12.9. The number of hydrogen-bond donors (Lipinski definition) is 0. The highest BCUT2D eigenvalue weighted by molar-refractivity contribution is 6.22. The summed E-state index contributed by atoms with van der Waals surface area (Å²) in [6, 6.07) is 48.4. The number of fused-ring (bicyclic) bond motifs is 5. The van der Waals surface area contributed by atoms with Crippen molar-refractivity contribution in [2.24, 2.45) is 0 Å². The van der Waals surface area contributed by atoms with Gasteiger partial charge in [0.2, 0.25) is 0 Å². The summed E-state index contributed by atoms with van der Waals surface area (Å²) in [4.78, 5) is 7.29. The summed E-state index contributed by atoms with van der Waals surface area (Å²) >= 11 is 0. The van der Waals surface area contributed by atoms with Crippen LogP contribution in [0.2, 0.25) is 0 Å². The maximum Gasteiger partial charge on any atom is 0.145 e. The molecular weight excluding hydrogens is 631 g/mol. The summed E-state index contributed by atoms with van der Waals surface area (Å²) in [5, 5.41) is 7.30. The van der Waals surface area contributed by atoms with Gasteiger partial charge in [-0.2, -0.15) is 0 Å². The van der Waals surface area contributed by atoms with Crippen LogP contribution in [0.1, 0.15) is 27.7 Å². The Morgan fingerprint density at radius 1 is 0.519 bits per heavy atom. The molecule has 8 aromatic rings. The largest absolute Gasteiger partial charge is 0.311 e. The first kappa shape index (κ1) is 32.7. The molecular formula is C49H41N3. The number of allylic oxidation sites excluding steroid dienone is 6. The molecule has 0 radical (unpaired) electrons. The van der Waals surface area contributed by atoms with Crippen LogP contribution in [0.4, 0.5) is 5.69 Å². The number of nitrogens with zero attached hydrogens (tertiary/aromatic N) is 3. The molecule has 6 aromatic carbocycles. The third-order valence-corrected chi connectivity index (χ3v) is 9.94. The molecule has 8 rings (SSSR count). The van der Waals surface area contributed by atoms with Crippen molar-refractivity contribution in [2.75, 3.05) is 4.90 Å². The molecule has 0 aliphatic carbocycles. The lowest BCUT2D eigenvalue weighted by Gasteiger charge is -2.28. The van der Waals surface area contributed by atoms with Crippen molar-refractivity contribution in [1.82, 2.24) is 9.55 Å². The lowest BCUT2D eigenvalue weighted by Crippen LogP contribution is -2.20. The molecule has 0 amide bonds. The molecule has 3 heteroatoms. The van der Waals surface area contributed by atoms with E-state index in [0.717, 1.165) is 39.3 Å². The molecule has 0 spiro atoms. The highest BCUT2D eigenvalue weighted by Crippen LogP contribution is 2.45. The molecule has 252 valence electrons. The summed E-state index contributed by atoms with van der Waals surface area (Å²) in [5.41, 5.74) is 11.3. The van der Waals surface area contributed by atoms with Crippen molar-refractivity contribution in [1.29, 1.82) is 0 Å². The normalized spacial score (nSPS) is 12.7. The number of benzene rings is 6. The van der Waals surface area contributed by atoms with Gasteiger partial charge in [-0.3, -0.25) is 4.57 Å². The standard InChI is InChI=1S/C49H41N3/c1-5-18-36(7-3)51(37(8-4)19-6-2)38-22-16-23-39(33-38)52-46-30-29-35(32-45(46)44-28-17-31-50-49(44)52)48-42-26-14-12-24-40(42)47(34-20-10-9-11-21-34)41-25-13-15-27-43(41)48/h5-33H,1-4H3/b18-5-,19-6-,36-7+,37-8+. The van der Waals surface area contributed by atoms with Gasteiger partial charge in [-0.1, -0.05) is 115 Å². The van der Waals surface area contributed by atoms with Crippen molar-refractivity contribution in [2.45, 2.75) is 27.7 Å². The number of rotatable bonds is 8. The Kier molecular flexibility index (Phi) is 8.84. The molecule has 52 heavy (non-hydrogen) atoms. The number of aromatic nitrogens is 2. The van der Waals surface area contributed by atoms with Crippen LogP contribution in [0.5, 0.6) is 0 Å². The predicted octanol–water partition coefficient (Wildman–Crippen LogP) is 13.6. The van der Waals surface area contributed by atoms with Crippen LogP contribution in [0, 0.1) is 0 Å². The highest BCUT2D eigenvalue weighted by atomic mass is 15.2. The second-order valence-corrected chi connectivity index (χ2v) is 12.9. The Hall–Kier alpha value is -6.45. The van der Waals surface area contributed by atoms with Gasteiger partial charge in [0.05, 0.1) is 5.52 Å². The van der Waals surface area contributed by atoms with Gasteiger partial charge in [-0.15, -0.1) is 0 Å². The van der Waals surface area contributed by atoms with Crippen LogP contribution in [-0.2, 0) is 0 Å². The van der Waals surface area contributed by atoms with Gasteiger partial charge in [0.1, 0.15) is 5.65 Å². The Bertz CT molecular complexity index is 2640. The van der Waals surface area contributed by atoms with Crippen LogP contribution >= 0.6 is 0 Å².